The van der Waals surface area contributed by atoms with E-state index in [4.69, 9.17) is 22.1 Å². The minimum atomic E-state index is 0.192. The largest absolute Gasteiger partial charge is 0.481 e. The van der Waals surface area contributed by atoms with Gasteiger partial charge in [0.05, 0.1) is 12.1 Å². The van der Waals surface area contributed by atoms with E-state index in [0.29, 0.717) is 35.2 Å². The number of carbonyl (C=O) groups is 1. The molecule has 1 aromatic rings. The predicted octanol–water partition coefficient (Wildman–Crippen LogP) is 1.83. The van der Waals surface area contributed by atoms with E-state index in [1.54, 1.807) is 6.07 Å². The van der Waals surface area contributed by atoms with Crippen LogP contribution in [-0.4, -0.2) is 31.0 Å². The molecule has 0 saturated carbocycles. The van der Waals surface area contributed by atoms with E-state index in [-0.39, 0.29) is 11.6 Å². The molecule has 110 valence electrons. The van der Waals surface area contributed by atoms with Crippen LogP contribution < -0.4 is 15.8 Å². The van der Waals surface area contributed by atoms with Gasteiger partial charge >= 0.3 is 0 Å². The molecule has 1 fully saturated rings. The molecular formula is C14H20ClN3O2. The summed E-state index contributed by atoms with van der Waals surface area (Å²) in [7, 11) is 1.51. The van der Waals surface area contributed by atoms with Crippen molar-refractivity contribution in [2.75, 3.05) is 25.9 Å². The molecular weight excluding hydrogens is 278 g/mol. The number of carbonyl (C=O) groups excluding carboxylic acids is 1. The minimum absolute atomic E-state index is 0.192. The Hall–Kier alpha value is -1.33. The third-order valence-corrected chi connectivity index (χ3v) is 3.90. The first kappa shape index (κ1) is 15.1. The fourth-order valence-corrected chi connectivity index (χ4v) is 2.69. The number of rotatable bonds is 5. The second-order valence-electron chi connectivity index (χ2n) is 5.14. The van der Waals surface area contributed by atoms with Gasteiger partial charge in [0.25, 0.3) is 0 Å². The van der Waals surface area contributed by atoms with Crippen LogP contribution in [0.25, 0.3) is 0 Å². The van der Waals surface area contributed by atoms with Crippen molar-refractivity contribution in [3.05, 3.63) is 16.7 Å². The standard InChI is InChI=1S/C14H20ClN3O2/c1-20-14-10(8-12(15)13(16)18-14)7-11(19)6-9-2-4-17-5-3-9/h8-9,17H,2-7H2,1H3,(H2,16,18). The van der Waals surface area contributed by atoms with Crippen molar-refractivity contribution in [1.82, 2.24) is 10.3 Å². The first-order valence-electron chi connectivity index (χ1n) is 6.81. The maximum Gasteiger partial charge on any atom is 0.218 e. The molecule has 2 rings (SSSR count). The Morgan fingerprint density at radius 2 is 2.25 bits per heavy atom. The van der Waals surface area contributed by atoms with Gasteiger partial charge in [-0.25, -0.2) is 0 Å². The highest BCUT2D eigenvalue weighted by Gasteiger charge is 2.19. The molecule has 1 aliphatic heterocycles. The number of piperidine rings is 1. The number of nitrogen functional groups attached to an aromatic ring is 1. The van der Waals surface area contributed by atoms with Crippen LogP contribution in [0.5, 0.6) is 5.88 Å². The van der Waals surface area contributed by atoms with E-state index in [9.17, 15) is 4.79 Å². The molecule has 20 heavy (non-hydrogen) atoms. The number of nitrogens with zero attached hydrogens (tertiary/aromatic N) is 1. The van der Waals surface area contributed by atoms with E-state index < -0.39 is 0 Å². The van der Waals surface area contributed by atoms with E-state index in [1.807, 2.05) is 0 Å². The molecule has 0 aromatic carbocycles. The molecule has 0 radical (unpaired) electrons. The maximum absolute atomic E-state index is 12.2. The molecule has 2 heterocycles. The molecule has 0 bridgehead atoms. The molecule has 6 heteroatoms. The number of nitrogens with one attached hydrogen (secondary N) is 1. The Kier molecular flexibility index (Phi) is 5.20. The van der Waals surface area contributed by atoms with Gasteiger partial charge < -0.3 is 15.8 Å². The topological polar surface area (TPSA) is 77.2 Å². The van der Waals surface area contributed by atoms with E-state index >= 15 is 0 Å². The number of Topliss-reactive ketones (excluding diaryl/α,β-unsaturated/α-hetero) is 1. The fourth-order valence-electron chi connectivity index (χ4n) is 2.52. The van der Waals surface area contributed by atoms with Gasteiger partial charge in [-0.2, -0.15) is 4.98 Å². The van der Waals surface area contributed by atoms with Crippen molar-refractivity contribution in [2.45, 2.75) is 25.7 Å². The number of pyridine rings is 1. The van der Waals surface area contributed by atoms with E-state index in [1.165, 1.54) is 7.11 Å². The van der Waals surface area contributed by atoms with Gasteiger partial charge in [0.2, 0.25) is 5.88 Å². The fraction of sp³-hybridized carbons (Fsp3) is 0.571. The van der Waals surface area contributed by atoms with E-state index in [2.05, 4.69) is 10.3 Å². The second kappa shape index (κ2) is 6.90. The predicted molar refractivity (Wildman–Crippen MR) is 79.1 cm³/mol. The van der Waals surface area contributed by atoms with Crippen molar-refractivity contribution in [2.24, 2.45) is 5.92 Å². The lowest BCUT2D eigenvalue weighted by Gasteiger charge is -2.21. The van der Waals surface area contributed by atoms with Gasteiger partial charge in [-0.15, -0.1) is 0 Å². The van der Waals surface area contributed by atoms with Gasteiger partial charge in [0, 0.05) is 18.4 Å². The molecule has 0 unspecified atom stereocenters. The molecule has 5 nitrogen and oxygen atoms in total. The molecule has 0 amide bonds. The number of anilines is 1. The Labute approximate surface area is 123 Å². The summed E-state index contributed by atoms with van der Waals surface area (Å²) in [6, 6.07) is 1.67. The summed E-state index contributed by atoms with van der Waals surface area (Å²) < 4.78 is 5.16. The second-order valence-corrected chi connectivity index (χ2v) is 5.54. The average Bonchev–Trinajstić information content (AvgIpc) is 2.43. The summed E-state index contributed by atoms with van der Waals surface area (Å²) >= 11 is 5.96. The normalized spacial score (nSPS) is 16.1. The van der Waals surface area contributed by atoms with Crippen LogP contribution in [0.3, 0.4) is 0 Å². The quantitative estimate of drug-likeness (QED) is 0.867. The van der Waals surface area contributed by atoms with Crippen LogP contribution in [0, 0.1) is 5.92 Å². The van der Waals surface area contributed by atoms with Crippen LogP contribution in [0.2, 0.25) is 5.02 Å². The first-order valence-corrected chi connectivity index (χ1v) is 7.19. The van der Waals surface area contributed by atoms with Crippen molar-refractivity contribution in [3.63, 3.8) is 0 Å². The Balaban J connectivity index is 2.01. The highest BCUT2D eigenvalue weighted by molar-refractivity contribution is 6.32. The van der Waals surface area contributed by atoms with Gasteiger partial charge in [-0.1, -0.05) is 11.6 Å². The van der Waals surface area contributed by atoms with Crippen molar-refractivity contribution < 1.29 is 9.53 Å². The number of ketones is 1. The van der Waals surface area contributed by atoms with Gasteiger partial charge in [-0.3, -0.25) is 4.79 Å². The third-order valence-electron chi connectivity index (χ3n) is 3.60. The summed E-state index contributed by atoms with van der Waals surface area (Å²) in [6.45, 7) is 1.99. The summed E-state index contributed by atoms with van der Waals surface area (Å²) in [5.41, 5.74) is 6.33. The monoisotopic (exact) mass is 297 g/mol. The highest BCUT2D eigenvalue weighted by atomic mass is 35.5. The minimum Gasteiger partial charge on any atom is -0.481 e. The molecule has 3 N–H and O–H groups in total. The van der Waals surface area contributed by atoms with Crippen molar-refractivity contribution >= 4 is 23.2 Å². The molecule has 1 aliphatic rings. The van der Waals surface area contributed by atoms with Crippen molar-refractivity contribution in [1.29, 1.82) is 0 Å². The van der Waals surface area contributed by atoms with Gasteiger partial charge in [-0.05, 0) is 37.9 Å². The number of methoxy groups -OCH3 is 1. The summed E-state index contributed by atoms with van der Waals surface area (Å²) in [5, 5.41) is 3.65. The van der Waals surface area contributed by atoms with Crippen molar-refractivity contribution in [3.8, 4) is 5.88 Å². The zero-order valence-corrected chi connectivity index (χ0v) is 12.4. The number of halogens is 1. The van der Waals surface area contributed by atoms with Crippen LogP contribution in [0.1, 0.15) is 24.8 Å². The number of aromatic nitrogens is 1. The summed E-state index contributed by atoms with van der Waals surface area (Å²) in [6.07, 6.45) is 3.01. The number of nitrogens with two attached hydrogens (primary N) is 1. The SMILES string of the molecule is COc1nc(N)c(Cl)cc1CC(=O)CC1CCNCC1. The van der Waals surface area contributed by atoms with Crippen LogP contribution in [-0.2, 0) is 11.2 Å². The summed E-state index contributed by atoms with van der Waals surface area (Å²) in [4.78, 5) is 16.2. The van der Waals surface area contributed by atoms with E-state index in [0.717, 1.165) is 25.9 Å². The zero-order valence-electron chi connectivity index (χ0n) is 11.6. The number of hydrogen-bond acceptors (Lipinski definition) is 5. The van der Waals surface area contributed by atoms with Crippen LogP contribution in [0.4, 0.5) is 5.82 Å². The first-order chi connectivity index (χ1) is 9.60. The lowest BCUT2D eigenvalue weighted by Crippen LogP contribution is -2.29. The number of hydrogen-bond donors (Lipinski definition) is 2. The third kappa shape index (κ3) is 3.84. The molecule has 0 spiro atoms. The average molecular weight is 298 g/mol. The van der Waals surface area contributed by atoms with Crippen LogP contribution >= 0.6 is 11.6 Å². The molecule has 1 aromatic heterocycles. The molecule has 0 atom stereocenters. The highest BCUT2D eigenvalue weighted by Crippen LogP contribution is 2.26. The lowest BCUT2D eigenvalue weighted by atomic mass is 9.91. The Bertz CT molecular complexity index is 488. The zero-order chi connectivity index (χ0) is 14.5. The number of ether oxygens (including phenoxy) is 1. The molecule has 0 aliphatic carbocycles. The smallest absolute Gasteiger partial charge is 0.218 e. The Morgan fingerprint density at radius 1 is 1.55 bits per heavy atom. The van der Waals surface area contributed by atoms with Gasteiger partial charge in [0.1, 0.15) is 11.6 Å². The molecule has 1 saturated heterocycles. The summed E-state index contributed by atoms with van der Waals surface area (Å²) in [5.74, 6) is 1.27. The lowest BCUT2D eigenvalue weighted by molar-refractivity contribution is -0.119. The maximum atomic E-state index is 12.2. The van der Waals surface area contributed by atoms with Gasteiger partial charge in [0.15, 0.2) is 0 Å². The van der Waals surface area contributed by atoms with Crippen LogP contribution in [0.15, 0.2) is 6.07 Å². The Morgan fingerprint density at radius 3 is 2.90 bits per heavy atom.